The van der Waals surface area contributed by atoms with Gasteiger partial charge in [-0.25, -0.2) is 0 Å². The van der Waals surface area contributed by atoms with Crippen molar-refractivity contribution >= 4 is 5.91 Å². The lowest BCUT2D eigenvalue weighted by molar-refractivity contribution is 0.0713. The van der Waals surface area contributed by atoms with Crippen LogP contribution in [-0.2, 0) is 0 Å². The number of nitrogens with zero attached hydrogens (tertiary/aromatic N) is 1. The summed E-state index contributed by atoms with van der Waals surface area (Å²) in [6, 6.07) is 14.1. The van der Waals surface area contributed by atoms with Gasteiger partial charge in [-0.05, 0) is 31.0 Å². The molecule has 0 bridgehead atoms. The number of hydrogen-bond donors (Lipinski definition) is 0. The van der Waals surface area contributed by atoms with Crippen molar-refractivity contribution < 1.29 is 9.21 Å². The number of rotatable bonds is 2. The second kappa shape index (κ2) is 4.92. The molecule has 1 saturated heterocycles. The Kier molecular flexibility index (Phi) is 3.11. The fourth-order valence-corrected chi connectivity index (χ4v) is 2.82. The highest BCUT2D eigenvalue weighted by atomic mass is 16.3. The Hall–Kier alpha value is -2.03. The number of hydrogen-bond acceptors (Lipinski definition) is 2. The van der Waals surface area contributed by atoms with Crippen molar-refractivity contribution in [3.8, 4) is 0 Å². The quantitative estimate of drug-likeness (QED) is 0.825. The first kappa shape index (κ1) is 12.0. The van der Waals surface area contributed by atoms with Crippen molar-refractivity contribution in [2.75, 3.05) is 6.54 Å². The molecular weight excluding hydrogens is 238 g/mol. The molecule has 2 heterocycles. The van der Waals surface area contributed by atoms with Gasteiger partial charge < -0.3 is 9.32 Å². The summed E-state index contributed by atoms with van der Waals surface area (Å²) in [6.45, 7) is 2.87. The lowest BCUT2D eigenvalue weighted by Crippen LogP contribution is -2.33. The molecule has 1 fully saturated rings. The smallest absolute Gasteiger partial charge is 0.289 e. The van der Waals surface area contributed by atoms with Crippen molar-refractivity contribution in [2.24, 2.45) is 0 Å². The molecule has 1 amide bonds. The van der Waals surface area contributed by atoms with E-state index in [4.69, 9.17) is 4.42 Å². The molecule has 2 atom stereocenters. The number of amides is 1. The van der Waals surface area contributed by atoms with Crippen molar-refractivity contribution in [1.82, 2.24) is 4.90 Å². The van der Waals surface area contributed by atoms with Gasteiger partial charge in [-0.3, -0.25) is 4.79 Å². The summed E-state index contributed by atoms with van der Waals surface area (Å²) in [6.07, 6.45) is 2.55. The number of benzene rings is 1. The molecule has 1 aromatic carbocycles. The van der Waals surface area contributed by atoms with E-state index >= 15 is 0 Å². The van der Waals surface area contributed by atoms with Gasteiger partial charge in [-0.2, -0.15) is 0 Å². The van der Waals surface area contributed by atoms with E-state index in [9.17, 15) is 4.79 Å². The number of carbonyl (C=O) groups is 1. The summed E-state index contributed by atoms with van der Waals surface area (Å²) in [5.74, 6) is 0.853. The number of furan rings is 1. The average molecular weight is 255 g/mol. The molecular formula is C16H17NO2. The van der Waals surface area contributed by atoms with Crippen molar-refractivity contribution in [3.63, 3.8) is 0 Å². The van der Waals surface area contributed by atoms with E-state index in [-0.39, 0.29) is 11.9 Å². The van der Waals surface area contributed by atoms with Crippen LogP contribution < -0.4 is 0 Å². The minimum Gasteiger partial charge on any atom is -0.459 e. The molecule has 98 valence electrons. The Morgan fingerprint density at radius 2 is 2.00 bits per heavy atom. The zero-order valence-corrected chi connectivity index (χ0v) is 11.0. The summed E-state index contributed by atoms with van der Waals surface area (Å²) in [5, 5.41) is 0. The monoisotopic (exact) mass is 255 g/mol. The molecule has 3 rings (SSSR count). The van der Waals surface area contributed by atoms with E-state index in [1.54, 1.807) is 18.4 Å². The highest BCUT2D eigenvalue weighted by Crippen LogP contribution is 2.32. The first-order valence-corrected chi connectivity index (χ1v) is 6.65. The Bertz CT molecular complexity index is 547. The molecule has 1 aliphatic heterocycles. The summed E-state index contributed by atoms with van der Waals surface area (Å²) in [4.78, 5) is 14.2. The van der Waals surface area contributed by atoms with Crippen LogP contribution in [0.5, 0.6) is 0 Å². The second-order valence-electron chi connectivity index (χ2n) is 5.13. The van der Waals surface area contributed by atoms with Crippen LogP contribution in [0.3, 0.4) is 0 Å². The van der Waals surface area contributed by atoms with Gasteiger partial charge in [-0.1, -0.05) is 30.3 Å². The van der Waals surface area contributed by atoms with Crippen LogP contribution in [0.1, 0.15) is 35.4 Å². The Balaban J connectivity index is 1.77. The normalized spacial score (nSPS) is 22.7. The van der Waals surface area contributed by atoms with Crippen LogP contribution in [0, 0.1) is 0 Å². The van der Waals surface area contributed by atoms with Crippen molar-refractivity contribution in [3.05, 3.63) is 60.1 Å². The van der Waals surface area contributed by atoms with Gasteiger partial charge in [0.15, 0.2) is 5.76 Å². The maximum Gasteiger partial charge on any atom is 0.289 e. The molecule has 0 radical (unpaired) electrons. The minimum absolute atomic E-state index is 0.00377. The summed E-state index contributed by atoms with van der Waals surface area (Å²) in [5.41, 5.74) is 1.31. The number of likely N-dealkylation sites (tertiary alicyclic amines) is 1. The molecule has 0 spiro atoms. The highest BCUT2D eigenvalue weighted by Gasteiger charge is 2.34. The fraction of sp³-hybridized carbons (Fsp3) is 0.312. The van der Waals surface area contributed by atoms with Crippen LogP contribution in [-0.4, -0.2) is 23.4 Å². The van der Waals surface area contributed by atoms with Crippen LogP contribution in [0.25, 0.3) is 0 Å². The van der Waals surface area contributed by atoms with Gasteiger partial charge in [0.05, 0.1) is 6.26 Å². The number of carbonyl (C=O) groups excluding carboxylic acids is 1. The van der Waals surface area contributed by atoms with E-state index in [1.165, 1.54) is 5.56 Å². The third kappa shape index (κ3) is 2.28. The van der Waals surface area contributed by atoms with E-state index in [2.05, 4.69) is 31.2 Å². The average Bonchev–Trinajstić information content (AvgIpc) is 3.08. The standard InChI is InChI=1S/C16H17NO2/c1-12-10-14(13-6-3-2-4-7-13)11-17(12)16(18)15-8-5-9-19-15/h2-9,12,14H,10-11H2,1H3. The van der Waals surface area contributed by atoms with Gasteiger partial charge >= 0.3 is 0 Å². The lowest BCUT2D eigenvalue weighted by atomic mass is 9.97. The minimum atomic E-state index is -0.00377. The van der Waals surface area contributed by atoms with Gasteiger partial charge in [0.2, 0.25) is 0 Å². The molecule has 0 aliphatic carbocycles. The lowest BCUT2D eigenvalue weighted by Gasteiger charge is -2.20. The molecule has 1 aromatic heterocycles. The SMILES string of the molecule is CC1CC(c2ccccc2)CN1C(=O)c1ccco1. The van der Waals surface area contributed by atoms with E-state index < -0.39 is 0 Å². The Labute approximate surface area is 112 Å². The van der Waals surface area contributed by atoms with Crippen LogP contribution in [0.4, 0.5) is 0 Å². The fourth-order valence-electron chi connectivity index (χ4n) is 2.82. The first-order chi connectivity index (χ1) is 9.25. The molecule has 0 N–H and O–H groups in total. The molecule has 1 aliphatic rings. The van der Waals surface area contributed by atoms with E-state index in [0.717, 1.165) is 13.0 Å². The molecule has 2 aromatic rings. The third-order valence-corrected chi connectivity index (χ3v) is 3.84. The van der Waals surface area contributed by atoms with Gasteiger partial charge in [-0.15, -0.1) is 0 Å². The zero-order valence-electron chi connectivity index (χ0n) is 11.0. The third-order valence-electron chi connectivity index (χ3n) is 3.84. The summed E-state index contributed by atoms with van der Waals surface area (Å²) >= 11 is 0. The highest BCUT2D eigenvalue weighted by molar-refractivity contribution is 5.91. The predicted molar refractivity (Wildman–Crippen MR) is 73.0 cm³/mol. The molecule has 2 unspecified atom stereocenters. The van der Waals surface area contributed by atoms with Crippen LogP contribution in [0.2, 0.25) is 0 Å². The van der Waals surface area contributed by atoms with Gasteiger partial charge in [0.25, 0.3) is 5.91 Å². The predicted octanol–water partition coefficient (Wildman–Crippen LogP) is 3.30. The Morgan fingerprint density at radius 1 is 1.21 bits per heavy atom. The Morgan fingerprint density at radius 3 is 2.68 bits per heavy atom. The van der Waals surface area contributed by atoms with Gasteiger partial charge in [0, 0.05) is 18.5 Å². The van der Waals surface area contributed by atoms with E-state index in [1.807, 2.05) is 11.0 Å². The molecule has 3 heteroatoms. The molecule has 3 nitrogen and oxygen atoms in total. The summed E-state index contributed by atoms with van der Waals surface area (Å²) in [7, 11) is 0. The zero-order chi connectivity index (χ0) is 13.2. The van der Waals surface area contributed by atoms with Crippen LogP contribution >= 0.6 is 0 Å². The largest absolute Gasteiger partial charge is 0.459 e. The maximum absolute atomic E-state index is 12.3. The topological polar surface area (TPSA) is 33.5 Å². The van der Waals surface area contributed by atoms with E-state index in [0.29, 0.717) is 11.7 Å². The second-order valence-corrected chi connectivity index (χ2v) is 5.13. The molecule has 19 heavy (non-hydrogen) atoms. The maximum atomic E-state index is 12.3. The first-order valence-electron chi connectivity index (χ1n) is 6.65. The van der Waals surface area contributed by atoms with Gasteiger partial charge in [0.1, 0.15) is 0 Å². The van der Waals surface area contributed by atoms with Crippen molar-refractivity contribution in [2.45, 2.75) is 25.3 Å². The van der Waals surface area contributed by atoms with Crippen molar-refractivity contribution in [1.29, 1.82) is 0 Å². The van der Waals surface area contributed by atoms with Crippen LogP contribution in [0.15, 0.2) is 53.1 Å². The summed E-state index contributed by atoms with van der Waals surface area (Å²) < 4.78 is 5.21. The molecule has 0 saturated carbocycles.